The van der Waals surface area contributed by atoms with Crippen molar-refractivity contribution in [2.24, 2.45) is 0 Å². The smallest absolute Gasteiger partial charge is 0.231 e. The summed E-state index contributed by atoms with van der Waals surface area (Å²) in [5, 5.41) is 0. The first kappa shape index (κ1) is 27.5. The molecule has 0 aromatic heterocycles. The molecule has 2 rings (SSSR count). The van der Waals surface area contributed by atoms with Crippen LogP contribution < -0.4 is 19.1 Å². The van der Waals surface area contributed by atoms with Crippen LogP contribution in [-0.2, 0) is 11.2 Å². The van der Waals surface area contributed by atoms with E-state index in [1.54, 1.807) is 0 Å². The summed E-state index contributed by atoms with van der Waals surface area (Å²) in [6.45, 7) is 15.4. The first-order valence-corrected chi connectivity index (χ1v) is 12.7. The number of anilines is 1. The second-order valence-corrected chi connectivity index (χ2v) is 8.09. The van der Waals surface area contributed by atoms with Crippen LogP contribution in [0.5, 0.6) is 17.2 Å². The maximum atomic E-state index is 13.6. The molecule has 0 heterocycles. The SMILES string of the molecule is CCCCOc1ccc(CC(=O)N(CCN(CC)CC)c2cc(OCC)ccc2OCC)cc1. The molecule has 6 nitrogen and oxygen atoms in total. The number of hydrogen-bond donors (Lipinski definition) is 0. The van der Waals surface area contributed by atoms with E-state index in [1.807, 2.05) is 61.2 Å². The highest BCUT2D eigenvalue weighted by atomic mass is 16.5. The summed E-state index contributed by atoms with van der Waals surface area (Å²) in [7, 11) is 0. The average molecular weight is 471 g/mol. The van der Waals surface area contributed by atoms with Crippen LogP contribution in [0.1, 0.15) is 53.0 Å². The van der Waals surface area contributed by atoms with E-state index < -0.39 is 0 Å². The van der Waals surface area contributed by atoms with Crippen molar-refractivity contribution in [2.45, 2.75) is 53.9 Å². The molecule has 0 saturated heterocycles. The Kier molecular flexibility index (Phi) is 12.3. The van der Waals surface area contributed by atoms with Gasteiger partial charge < -0.3 is 24.0 Å². The largest absolute Gasteiger partial charge is 0.494 e. The van der Waals surface area contributed by atoms with Gasteiger partial charge in [-0.15, -0.1) is 0 Å². The molecule has 0 saturated carbocycles. The molecule has 0 unspecified atom stereocenters. The molecular weight excluding hydrogens is 428 g/mol. The second kappa shape index (κ2) is 15.2. The number of hydrogen-bond acceptors (Lipinski definition) is 5. The summed E-state index contributed by atoms with van der Waals surface area (Å²) in [5.41, 5.74) is 1.71. The van der Waals surface area contributed by atoms with Crippen LogP contribution in [0.4, 0.5) is 5.69 Å². The summed E-state index contributed by atoms with van der Waals surface area (Å²) < 4.78 is 17.4. The quantitative estimate of drug-likeness (QED) is 0.300. The molecule has 1 amide bonds. The molecule has 2 aromatic carbocycles. The number of unbranched alkanes of at least 4 members (excludes halogenated alkanes) is 1. The molecule has 0 radical (unpaired) electrons. The zero-order valence-corrected chi connectivity index (χ0v) is 21.6. The Hall–Kier alpha value is -2.73. The number of nitrogens with zero attached hydrogens (tertiary/aromatic N) is 2. The third kappa shape index (κ3) is 8.56. The first-order chi connectivity index (χ1) is 16.6. The average Bonchev–Trinajstić information content (AvgIpc) is 2.84. The fraction of sp³-hybridized carbons (Fsp3) is 0.536. The predicted molar refractivity (Wildman–Crippen MR) is 139 cm³/mol. The number of carbonyl (C=O) groups is 1. The third-order valence-electron chi connectivity index (χ3n) is 5.71. The van der Waals surface area contributed by atoms with Gasteiger partial charge in [0.05, 0.1) is 31.9 Å². The van der Waals surface area contributed by atoms with Crippen molar-refractivity contribution in [1.82, 2.24) is 4.90 Å². The Morgan fingerprint density at radius 2 is 1.47 bits per heavy atom. The summed E-state index contributed by atoms with van der Waals surface area (Å²) in [4.78, 5) is 17.8. The van der Waals surface area contributed by atoms with Crippen LogP contribution >= 0.6 is 0 Å². The van der Waals surface area contributed by atoms with E-state index >= 15 is 0 Å². The van der Waals surface area contributed by atoms with Crippen molar-refractivity contribution >= 4 is 11.6 Å². The van der Waals surface area contributed by atoms with Gasteiger partial charge in [0.1, 0.15) is 17.2 Å². The molecule has 188 valence electrons. The Balaban J connectivity index is 2.27. The highest BCUT2D eigenvalue weighted by Gasteiger charge is 2.22. The van der Waals surface area contributed by atoms with Crippen molar-refractivity contribution in [2.75, 3.05) is 50.9 Å². The van der Waals surface area contributed by atoms with E-state index in [0.29, 0.717) is 38.5 Å². The molecule has 0 bridgehead atoms. The number of amides is 1. The maximum Gasteiger partial charge on any atom is 0.231 e. The number of ether oxygens (including phenoxy) is 3. The van der Waals surface area contributed by atoms with Gasteiger partial charge in [0, 0.05) is 19.2 Å². The van der Waals surface area contributed by atoms with Crippen LogP contribution in [-0.4, -0.2) is 56.8 Å². The molecule has 0 fully saturated rings. The Labute approximate surface area is 205 Å². The fourth-order valence-electron chi connectivity index (χ4n) is 3.71. The van der Waals surface area contributed by atoms with E-state index in [-0.39, 0.29) is 5.91 Å². The molecule has 2 aromatic rings. The Bertz CT molecular complexity index is 850. The van der Waals surface area contributed by atoms with E-state index in [1.165, 1.54) is 0 Å². The summed E-state index contributed by atoms with van der Waals surface area (Å²) >= 11 is 0. The normalized spacial score (nSPS) is 10.9. The Morgan fingerprint density at radius 3 is 2.09 bits per heavy atom. The van der Waals surface area contributed by atoms with Crippen molar-refractivity contribution in [3.63, 3.8) is 0 Å². The molecular formula is C28H42N2O4. The highest BCUT2D eigenvalue weighted by Crippen LogP contribution is 2.33. The van der Waals surface area contributed by atoms with Crippen molar-refractivity contribution in [3.05, 3.63) is 48.0 Å². The van der Waals surface area contributed by atoms with Gasteiger partial charge in [-0.25, -0.2) is 0 Å². The van der Waals surface area contributed by atoms with Crippen LogP contribution in [0.25, 0.3) is 0 Å². The first-order valence-electron chi connectivity index (χ1n) is 12.7. The minimum Gasteiger partial charge on any atom is -0.494 e. The highest BCUT2D eigenvalue weighted by molar-refractivity contribution is 5.96. The molecule has 0 aliphatic rings. The van der Waals surface area contributed by atoms with Crippen molar-refractivity contribution < 1.29 is 19.0 Å². The van der Waals surface area contributed by atoms with Crippen LogP contribution in [0.3, 0.4) is 0 Å². The lowest BCUT2D eigenvalue weighted by Crippen LogP contribution is -2.39. The van der Waals surface area contributed by atoms with Gasteiger partial charge in [0.15, 0.2) is 0 Å². The minimum absolute atomic E-state index is 0.0291. The van der Waals surface area contributed by atoms with E-state index in [4.69, 9.17) is 14.2 Å². The maximum absolute atomic E-state index is 13.6. The van der Waals surface area contributed by atoms with Crippen LogP contribution in [0.15, 0.2) is 42.5 Å². The predicted octanol–water partition coefficient (Wildman–Crippen LogP) is 5.58. The van der Waals surface area contributed by atoms with Gasteiger partial charge in [0.25, 0.3) is 0 Å². The third-order valence-corrected chi connectivity index (χ3v) is 5.71. The van der Waals surface area contributed by atoms with Crippen LogP contribution in [0, 0.1) is 0 Å². The van der Waals surface area contributed by atoms with Gasteiger partial charge in [-0.2, -0.15) is 0 Å². The second-order valence-electron chi connectivity index (χ2n) is 8.09. The zero-order chi connectivity index (χ0) is 24.8. The van der Waals surface area contributed by atoms with Gasteiger partial charge >= 0.3 is 0 Å². The summed E-state index contributed by atoms with van der Waals surface area (Å²) in [6.07, 6.45) is 2.44. The monoisotopic (exact) mass is 470 g/mol. The van der Waals surface area contributed by atoms with Crippen LogP contribution in [0.2, 0.25) is 0 Å². The number of likely N-dealkylation sites (N-methyl/N-ethyl adjacent to an activating group) is 1. The lowest BCUT2D eigenvalue weighted by atomic mass is 10.1. The molecule has 6 heteroatoms. The number of rotatable bonds is 16. The standard InChI is InChI=1S/C28H42N2O4/c1-6-11-20-34-24-14-12-23(13-15-24)21-28(31)30(19-18-29(7-2)8-3)26-22-25(32-9-4)16-17-27(26)33-10-5/h12-17,22H,6-11,18-21H2,1-5H3. The fourth-order valence-corrected chi connectivity index (χ4v) is 3.71. The summed E-state index contributed by atoms with van der Waals surface area (Å²) in [6, 6.07) is 13.5. The topological polar surface area (TPSA) is 51.2 Å². The van der Waals surface area contributed by atoms with Gasteiger partial charge in [-0.3, -0.25) is 4.79 Å². The van der Waals surface area contributed by atoms with E-state index in [9.17, 15) is 4.79 Å². The zero-order valence-electron chi connectivity index (χ0n) is 21.6. The van der Waals surface area contributed by atoms with Gasteiger partial charge in [-0.1, -0.05) is 39.3 Å². The van der Waals surface area contributed by atoms with Crippen molar-refractivity contribution in [3.8, 4) is 17.2 Å². The molecule has 0 N–H and O–H groups in total. The van der Waals surface area contributed by atoms with Crippen molar-refractivity contribution in [1.29, 1.82) is 0 Å². The van der Waals surface area contributed by atoms with E-state index in [2.05, 4.69) is 25.7 Å². The van der Waals surface area contributed by atoms with Gasteiger partial charge in [0.2, 0.25) is 5.91 Å². The molecule has 0 aliphatic heterocycles. The molecule has 34 heavy (non-hydrogen) atoms. The molecule has 0 atom stereocenters. The summed E-state index contributed by atoms with van der Waals surface area (Å²) in [5.74, 6) is 2.29. The molecule has 0 aliphatic carbocycles. The number of carbonyl (C=O) groups excluding carboxylic acids is 1. The van der Waals surface area contributed by atoms with E-state index in [0.717, 1.165) is 55.2 Å². The minimum atomic E-state index is 0.0291. The lowest BCUT2D eigenvalue weighted by molar-refractivity contribution is -0.118. The lowest BCUT2D eigenvalue weighted by Gasteiger charge is -2.28. The Morgan fingerprint density at radius 1 is 0.794 bits per heavy atom. The number of benzene rings is 2. The van der Waals surface area contributed by atoms with Gasteiger partial charge in [-0.05, 0) is 63.2 Å². The molecule has 0 spiro atoms.